The van der Waals surface area contributed by atoms with E-state index in [1.54, 1.807) is 30.3 Å². The van der Waals surface area contributed by atoms with E-state index in [1.807, 2.05) is 43.3 Å². The lowest BCUT2D eigenvalue weighted by molar-refractivity contribution is 0.0946. The van der Waals surface area contributed by atoms with Gasteiger partial charge in [-0.05, 0) is 61.0 Å². The summed E-state index contributed by atoms with van der Waals surface area (Å²) in [6, 6.07) is 19.9. The zero-order valence-corrected chi connectivity index (χ0v) is 18.2. The molecule has 0 saturated heterocycles. The molecule has 2 aromatic carbocycles. The zero-order chi connectivity index (χ0) is 21.8. The topological polar surface area (TPSA) is 84.5 Å². The van der Waals surface area contributed by atoms with E-state index >= 15 is 0 Å². The summed E-state index contributed by atoms with van der Waals surface area (Å²) in [6.45, 7) is 2.10. The lowest BCUT2D eigenvalue weighted by Gasteiger charge is -2.10. The van der Waals surface area contributed by atoms with Crippen molar-refractivity contribution in [3.8, 4) is 11.3 Å². The van der Waals surface area contributed by atoms with Crippen LogP contribution in [0.25, 0.3) is 11.3 Å². The predicted octanol–water partition coefficient (Wildman–Crippen LogP) is 5.79. The van der Waals surface area contributed by atoms with Gasteiger partial charge in [-0.3, -0.25) is 9.59 Å². The highest BCUT2D eigenvalue weighted by Crippen LogP contribution is 2.24. The van der Waals surface area contributed by atoms with Gasteiger partial charge in [0, 0.05) is 21.3 Å². The highest BCUT2D eigenvalue weighted by Gasteiger charge is 2.14. The van der Waals surface area contributed by atoms with Crippen molar-refractivity contribution in [2.75, 3.05) is 5.32 Å². The maximum absolute atomic E-state index is 12.6. The van der Waals surface area contributed by atoms with Gasteiger partial charge in [0.05, 0.1) is 12.8 Å². The molecule has 31 heavy (non-hydrogen) atoms. The van der Waals surface area contributed by atoms with Crippen molar-refractivity contribution in [1.82, 2.24) is 5.32 Å². The van der Waals surface area contributed by atoms with Gasteiger partial charge in [-0.15, -0.1) is 0 Å². The van der Waals surface area contributed by atoms with Crippen molar-refractivity contribution in [2.45, 2.75) is 13.5 Å². The second-order valence-corrected chi connectivity index (χ2v) is 7.83. The molecule has 0 fully saturated rings. The van der Waals surface area contributed by atoms with Crippen molar-refractivity contribution in [1.29, 1.82) is 0 Å². The molecule has 2 heterocycles. The third kappa shape index (κ3) is 4.95. The summed E-state index contributed by atoms with van der Waals surface area (Å²) in [5.74, 6) is 0.935. The van der Waals surface area contributed by atoms with Crippen molar-refractivity contribution in [2.24, 2.45) is 0 Å². The van der Waals surface area contributed by atoms with Gasteiger partial charge < -0.3 is 19.5 Å². The SMILES string of the molecule is Cc1ccc(C(=O)NCc2ccc(-c3ccc(Br)cc3)o2)cc1NC(=O)c1ccco1. The first-order valence-corrected chi connectivity index (χ1v) is 10.4. The molecule has 4 aromatic rings. The Morgan fingerprint density at radius 2 is 1.77 bits per heavy atom. The molecule has 7 heteroatoms. The van der Waals surface area contributed by atoms with Gasteiger partial charge in [0.25, 0.3) is 11.8 Å². The summed E-state index contributed by atoms with van der Waals surface area (Å²) in [5, 5.41) is 5.62. The minimum Gasteiger partial charge on any atom is -0.459 e. The number of aryl methyl sites for hydroxylation is 1. The van der Waals surface area contributed by atoms with E-state index in [9.17, 15) is 9.59 Å². The second kappa shape index (κ2) is 9.06. The molecule has 0 atom stereocenters. The Balaban J connectivity index is 1.41. The van der Waals surface area contributed by atoms with Crippen LogP contribution < -0.4 is 10.6 Å². The smallest absolute Gasteiger partial charge is 0.291 e. The number of carbonyl (C=O) groups is 2. The van der Waals surface area contributed by atoms with Gasteiger partial charge in [0.1, 0.15) is 11.5 Å². The third-order valence-corrected chi connectivity index (χ3v) is 5.24. The van der Waals surface area contributed by atoms with E-state index in [2.05, 4.69) is 26.6 Å². The van der Waals surface area contributed by atoms with Gasteiger partial charge in [-0.2, -0.15) is 0 Å². The van der Waals surface area contributed by atoms with Gasteiger partial charge >= 0.3 is 0 Å². The summed E-state index contributed by atoms with van der Waals surface area (Å²) in [6.07, 6.45) is 1.43. The molecule has 2 amide bonds. The van der Waals surface area contributed by atoms with Crippen LogP contribution >= 0.6 is 15.9 Å². The van der Waals surface area contributed by atoms with Crippen LogP contribution in [-0.4, -0.2) is 11.8 Å². The number of halogens is 1. The molecule has 2 N–H and O–H groups in total. The summed E-state index contributed by atoms with van der Waals surface area (Å²) in [7, 11) is 0. The van der Waals surface area contributed by atoms with Crippen molar-refractivity contribution in [3.05, 3.63) is 100 Å². The maximum atomic E-state index is 12.6. The average molecular weight is 479 g/mol. The molecule has 0 aliphatic rings. The molecule has 0 bridgehead atoms. The normalized spacial score (nSPS) is 10.6. The number of hydrogen-bond donors (Lipinski definition) is 2. The van der Waals surface area contributed by atoms with Crippen molar-refractivity contribution >= 4 is 33.4 Å². The highest BCUT2D eigenvalue weighted by molar-refractivity contribution is 9.10. The van der Waals surface area contributed by atoms with Gasteiger partial charge in [-0.1, -0.05) is 34.1 Å². The first-order valence-electron chi connectivity index (χ1n) is 9.58. The summed E-state index contributed by atoms with van der Waals surface area (Å²) in [4.78, 5) is 24.9. The van der Waals surface area contributed by atoms with Gasteiger partial charge in [-0.25, -0.2) is 0 Å². The lowest BCUT2D eigenvalue weighted by atomic mass is 10.1. The number of rotatable bonds is 6. The Morgan fingerprint density at radius 3 is 2.52 bits per heavy atom. The van der Waals surface area contributed by atoms with E-state index in [-0.39, 0.29) is 24.1 Å². The molecule has 4 rings (SSSR count). The molecule has 2 aromatic heterocycles. The fraction of sp³-hybridized carbons (Fsp3) is 0.0833. The van der Waals surface area contributed by atoms with Gasteiger partial charge in [0.2, 0.25) is 0 Å². The lowest BCUT2D eigenvalue weighted by Crippen LogP contribution is -2.23. The Hall–Kier alpha value is -3.58. The Kier molecular flexibility index (Phi) is 6.04. The number of benzene rings is 2. The fourth-order valence-electron chi connectivity index (χ4n) is 3.00. The largest absolute Gasteiger partial charge is 0.459 e. The third-order valence-electron chi connectivity index (χ3n) is 4.71. The van der Waals surface area contributed by atoms with Crippen LogP contribution in [0.1, 0.15) is 32.2 Å². The quantitative estimate of drug-likeness (QED) is 0.367. The maximum Gasteiger partial charge on any atom is 0.291 e. The second-order valence-electron chi connectivity index (χ2n) is 6.92. The van der Waals surface area contributed by atoms with Crippen molar-refractivity contribution < 1.29 is 18.4 Å². The molecule has 0 spiro atoms. The van der Waals surface area contributed by atoms with E-state index < -0.39 is 0 Å². The molecular formula is C24H19BrN2O4. The minimum absolute atomic E-state index is 0.202. The summed E-state index contributed by atoms with van der Waals surface area (Å²) in [5.41, 5.74) is 2.77. The minimum atomic E-state index is -0.373. The molecule has 0 unspecified atom stereocenters. The predicted molar refractivity (Wildman–Crippen MR) is 121 cm³/mol. The van der Waals surface area contributed by atoms with Crippen LogP contribution in [0.3, 0.4) is 0 Å². The van der Waals surface area contributed by atoms with Gasteiger partial charge in [0.15, 0.2) is 5.76 Å². The molecule has 0 aliphatic heterocycles. The zero-order valence-electron chi connectivity index (χ0n) is 16.6. The van der Waals surface area contributed by atoms with E-state index in [4.69, 9.17) is 8.83 Å². The average Bonchev–Trinajstić information content (AvgIpc) is 3.46. The molecule has 0 radical (unpaired) electrons. The fourth-order valence-corrected chi connectivity index (χ4v) is 3.27. The molecule has 156 valence electrons. The number of furan rings is 2. The molecular weight excluding hydrogens is 460 g/mol. The summed E-state index contributed by atoms with van der Waals surface area (Å²) >= 11 is 3.41. The summed E-state index contributed by atoms with van der Waals surface area (Å²) < 4.78 is 11.9. The number of anilines is 1. The van der Waals surface area contributed by atoms with Crippen molar-refractivity contribution in [3.63, 3.8) is 0 Å². The van der Waals surface area contributed by atoms with Crippen LogP contribution in [0.5, 0.6) is 0 Å². The van der Waals surface area contributed by atoms with Crippen LogP contribution in [0, 0.1) is 6.92 Å². The first kappa shape index (κ1) is 20.7. The van der Waals surface area contributed by atoms with E-state index in [0.29, 0.717) is 17.0 Å². The molecule has 6 nitrogen and oxygen atoms in total. The monoisotopic (exact) mass is 478 g/mol. The van der Waals surface area contributed by atoms with E-state index in [1.165, 1.54) is 6.26 Å². The van der Waals surface area contributed by atoms with E-state index in [0.717, 1.165) is 21.4 Å². The standard InChI is InChI=1S/C24H19BrN2O4/c1-15-4-5-17(13-20(15)27-24(29)22-3-2-12-30-22)23(28)26-14-19-10-11-21(31-19)16-6-8-18(25)9-7-16/h2-13H,14H2,1H3,(H,26,28)(H,27,29). The Labute approximate surface area is 187 Å². The molecule has 0 saturated carbocycles. The number of hydrogen-bond acceptors (Lipinski definition) is 4. The van der Waals surface area contributed by atoms with Crippen LogP contribution in [0.15, 0.2) is 86.3 Å². The van der Waals surface area contributed by atoms with Crippen LogP contribution in [-0.2, 0) is 6.54 Å². The van der Waals surface area contributed by atoms with Crippen LogP contribution in [0.2, 0.25) is 0 Å². The van der Waals surface area contributed by atoms with Crippen LogP contribution in [0.4, 0.5) is 5.69 Å². The molecule has 0 aliphatic carbocycles. The number of nitrogens with one attached hydrogen (secondary N) is 2. The number of carbonyl (C=O) groups excluding carboxylic acids is 2. The first-order chi connectivity index (χ1) is 15.0. The Bertz CT molecular complexity index is 1210. The highest BCUT2D eigenvalue weighted by atomic mass is 79.9. The number of amides is 2. The Morgan fingerprint density at radius 1 is 0.968 bits per heavy atom.